The van der Waals surface area contributed by atoms with Crippen LogP contribution in [0.3, 0.4) is 0 Å². The molecule has 1 aromatic carbocycles. The molecule has 2 aromatic rings. The maximum absolute atomic E-state index is 12.1. The first-order valence-corrected chi connectivity index (χ1v) is 8.72. The van der Waals surface area contributed by atoms with Crippen molar-refractivity contribution >= 4 is 41.8 Å². The number of nitrogens with zero attached hydrogens (tertiary/aromatic N) is 1. The van der Waals surface area contributed by atoms with Gasteiger partial charge in [0.05, 0.1) is 11.0 Å². The monoisotopic (exact) mass is 384 g/mol. The number of aromatic nitrogens is 2. The van der Waals surface area contributed by atoms with Gasteiger partial charge in [0, 0.05) is 31.5 Å². The van der Waals surface area contributed by atoms with E-state index >= 15 is 0 Å². The number of benzene rings is 1. The van der Waals surface area contributed by atoms with E-state index in [4.69, 9.17) is 0 Å². The molecule has 4 rings (SSSR count). The number of carbonyl (C=O) groups is 1. The van der Waals surface area contributed by atoms with Crippen LogP contribution in [0.1, 0.15) is 37.9 Å². The van der Waals surface area contributed by atoms with Crippen LogP contribution in [0.2, 0.25) is 0 Å². The lowest BCUT2D eigenvalue weighted by Crippen LogP contribution is -2.39. The molecule has 5 nitrogen and oxygen atoms in total. The molecular formula is C18H26Cl2N4O. The van der Waals surface area contributed by atoms with Gasteiger partial charge in [-0.25, -0.2) is 4.98 Å². The van der Waals surface area contributed by atoms with Crippen LogP contribution < -0.4 is 10.6 Å². The molecule has 138 valence electrons. The van der Waals surface area contributed by atoms with Gasteiger partial charge in [-0.3, -0.25) is 4.79 Å². The van der Waals surface area contributed by atoms with E-state index < -0.39 is 0 Å². The first-order chi connectivity index (χ1) is 11.3. The molecule has 2 atom stereocenters. The molecule has 25 heavy (non-hydrogen) atoms. The van der Waals surface area contributed by atoms with Crippen LogP contribution in [0.25, 0.3) is 11.0 Å². The average Bonchev–Trinajstić information content (AvgIpc) is 3.09. The highest BCUT2D eigenvalue weighted by atomic mass is 35.5. The lowest BCUT2D eigenvalue weighted by molar-refractivity contribution is -0.122. The molecule has 3 N–H and O–H groups in total. The van der Waals surface area contributed by atoms with Gasteiger partial charge in [0.2, 0.25) is 5.91 Å². The Balaban J connectivity index is 0.00000113. The molecular weight excluding hydrogens is 359 g/mol. The van der Waals surface area contributed by atoms with Crippen LogP contribution >= 0.6 is 24.8 Å². The van der Waals surface area contributed by atoms with Crippen molar-refractivity contribution in [3.05, 3.63) is 30.1 Å². The van der Waals surface area contributed by atoms with Crippen molar-refractivity contribution in [2.75, 3.05) is 6.54 Å². The van der Waals surface area contributed by atoms with Crippen molar-refractivity contribution in [3.8, 4) is 0 Å². The van der Waals surface area contributed by atoms with Gasteiger partial charge in [0.25, 0.3) is 0 Å². The molecule has 1 aromatic heterocycles. The first kappa shape index (κ1) is 20.0. The summed E-state index contributed by atoms with van der Waals surface area (Å²) in [5.74, 6) is 1.68. The lowest BCUT2D eigenvalue weighted by atomic mass is 9.89. The molecule has 3 heterocycles. The molecule has 2 unspecified atom stereocenters. The summed E-state index contributed by atoms with van der Waals surface area (Å²) in [5.41, 5.74) is 2.04. The normalized spacial score (nSPS) is 24.4. The van der Waals surface area contributed by atoms with Gasteiger partial charge >= 0.3 is 0 Å². The number of carbonyl (C=O) groups excluding carboxylic acids is 1. The van der Waals surface area contributed by atoms with Crippen molar-refractivity contribution in [1.29, 1.82) is 0 Å². The number of imidazole rings is 1. The number of halogens is 2. The van der Waals surface area contributed by atoms with E-state index in [1.807, 2.05) is 24.3 Å². The summed E-state index contributed by atoms with van der Waals surface area (Å²) in [6.07, 6.45) is 6.32. The fourth-order valence-corrected chi connectivity index (χ4v) is 4.12. The Morgan fingerprint density at radius 3 is 2.60 bits per heavy atom. The third-order valence-electron chi connectivity index (χ3n) is 5.17. The number of fused-ring (bicyclic) bond motifs is 3. The van der Waals surface area contributed by atoms with E-state index in [0.717, 1.165) is 36.1 Å². The Morgan fingerprint density at radius 2 is 1.88 bits per heavy atom. The Bertz CT molecular complexity index is 660. The average molecular weight is 385 g/mol. The SMILES string of the molecule is Cl.Cl.O=C(CC1CC2CCC(C1)N2)NCCc1nc2ccccc2[nH]1. The molecule has 0 saturated carbocycles. The van der Waals surface area contributed by atoms with Crippen LogP contribution in [0.5, 0.6) is 0 Å². The highest BCUT2D eigenvalue weighted by molar-refractivity contribution is 5.85. The van der Waals surface area contributed by atoms with Crippen LogP contribution in [-0.4, -0.2) is 34.5 Å². The minimum atomic E-state index is 0. The predicted octanol–water partition coefficient (Wildman–Crippen LogP) is 2.99. The van der Waals surface area contributed by atoms with Crippen molar-refractivity contribution in [2.45, 2.75) is 50.6 Å². The summed E-state index contributed by atoms with van der Waals surface area (Å²) in [7, 11) is 0. The number of para-hydroxylation sites is 2. The maximum atomic E-state index is 12.1. The Labute approximate surface area is 160 Å². The predicted molar refractivity (Wildman–Crippen MR) is 105 cm³/mol. The number of nitrogens with one attached hydrogen (secondary N) is 3. The number of hydrogen-bond acceptors (Lipinski definition) is 3. The number of H-pyrrole nitrogens is 1. The van der Waals surface area contributed by atoms with E-state index in [-0.39, 0.29) is 30.7 Å². The third-order valence-corrected chi connectivity index (χ3v) is 5.17. The van der Waals surface area contributed by atoms with Gasteiger partial charge in [-0.2, -0.15) is 0 Å². The lowest BCUT2D eigenvalue weighted by Gasteiger charge is -2.28. The molecule has 7 heteroatoms. The van der Waals surface area contributed by atoms with Gasteiger partial charge in [0.15, 0.2) is 0 Å². The van der Waals surface area contributed by atoms with Crippen LogP contribution in [0.15, 0.2) is 24.3 Å². The van der Waals surface area contributed by atoms with E-state index in [0.29, 0.717) is 31.0 Å². The molecule has 1 amide bonds. The summed E-state index contributed by atoms with van der Waals surface area (Å²) >= 11 is 0. The molecule has 0 radical (unpaired) electrons. The number of amides is 1. The second-order valence-electron chi connectivity index (χ2n) is 6.98. The number of aromatic amines is 1. The zero-order valence-electron chi connectivity index (χ0n) is 14.2. The van der Waals surface area contributed by atoms with Crippen molar-refractivity contribution in [2.24, 2.45) is 5.92 Å². The van der Waals surface area contributed by atoms with Gasteiger partial charge < -0.3 is 15.6 Å². The molecule has 2 aliphatic rings. The van der Waals surface area contributed by atoms with Crippen LogP contribution in [0.4, 0.5) is 0 Å². The van der Waals surface area contributed by atoms with E-state index in [9.17, 15) is 4.79 Å². The third kappa shape index (κ3) is 4.87. The molecule has 2 fully saturated rings. The van der Waals surface area contributed by atoms with Crippen molar-refractivity contribution in [1.82, 2.24) is 20.6 Å². The Hall–Kier alpha value is -1.30. The molecule has 2 aliphatic heterocycles. The molecule has 0 spiro atoms. The number of rotatable bonds is 5. The second kappa shape index (κ2) is 8.88. The Kier molecular flexibility index (Phi) is 7.11. The number of piperidine rings is 1. The summed E-state index contributed by atoms with van der Waals surface area (Å²) < 4.78 is 0. The van der Waals surface area contributed by atoms with E-state index in [2.05, 4.69) is 20.6 Å². The minimum absolute atomic E-state index is 0. The zero-order chi connectivity index (χ0) is 15.6. The summed E-state index contributed by atoms with van der Waals surface area (Å²) in [6, 6.07) is 9.32. The zero-order valence-corrected chi connectivity index (χ0v) is 15.8. The second-order valence-corrected chi connectivity index (χ2v) is 6.98. The van der Waals surface area contributed by atoms with Gasteiger partial charge in [-0.15, -0.1) is 24.8 Å². The largest absolute Gasteiger partial charge is 0.356 e. The molecule has 2 bridgehead atoms. The van der Waals surface area contributed by atoms with Crippen LogP contribution in [-0.2, 0) is 11.2 Å². The highest BCUT2D eigenvalue weighted by Gasteiger charge is 2.34. The Morgan fingerprint density at radius 1 is 1.16 bits per heavy atom. The van der Waals surface area contributed by atoms with Crippen molar-refractivity contribution in [3.63, 3.8) is 0 Å². The number of hydrogen-bond donors (Lipinski definition) is 3. The summed E-state index contributed by atoms with van der Waals surface area (Å²) in [4.78, 5) is 20.0. The topological polar surface area (TPSA) is 69.8 Å². The quantitative estimate of drug-likeness (QED) is 0.741. The van der Waals surface area contributed by atoms with Crippen molar-refractivity contribution < 1.29 is 4.79 Å². The van der Waals surface area contributed by atoms with Crippen LogP contribution in [0, 0.1) is 5.92 Å². The van der Waals surface area contributed by atoms with Gasteiger partial charge in [-0.05, 0) is 43.7 Å². The molecule has 2 saturated heterocycles. The summed E-state index contributed by atoms with van der Waals surface area (Å²) in [5, 5.41) is 6.68. The van der Waals surface area contributed by atoms with E-state index in [1.54, 1.807) is 0 Å². The van der Waals surface area contributed by atoms with Gasteiger partial charge in [-0.1, -0.05) is 12.1 Å². The smallest absolute Gasteiger partial charge is 0.220 e. The summed E-state index contributed by atoms with van der Waals surface area (Å²) in [6.45, 7) is 0.649. The fourth-order valence-electron chi connectivity index (χ4n) is 4.12. The van der Waals surface area contributed by atoms with Gasteiger partial charge in [0.1, 0.15) is 5.82 Å². The van der Waals surface area contributed by atoms with E-state index in [1.165, 1.54) is 12.8 Å². The minimum Gasteiger partial charge on any atom is -0.356 e. The fraction of sp³-hybridized carbons (Fsp3) is 0.556. The maximum Gasteiger partial charge on any atom is 0.220 e. The first-order valence-electron chi connectivity index (χ1n) is 8.72. The molecule has 0 aliphatic carbocycles. The highest BCUT2D eigenvalue weighted by Crippen LogP contribution is 2.32. The standard InChI is InChI=1S/C18H24N4O.2ClH/c23-18(11-12-9-13-5-6-14(10-12)20-13)19-8-7-17-21-15-3-1-2-4-16(15)22-17;;/h1-4,12-14,20H,5-11H2,(H,19,23)(H,21,22);2*1H.